The lowest BCUT2D eigenvalue weighted by Gasteiger charge is -2.50. The van der Waals surface area contributed by atoms with Crippen LogP contribution in [0.3, 0.4) is 0 Å². The van der Waals surface area contributed by atoms with Crippen LogP contribution in [-0.4, -0.2) is 76.0 Å². The van der Waals surface area contributed by atoms with E-state index in [1.165, 1.54) is 21.8 Å². The number of amides is 2. The molecule has 1 saturated heterocycles. The number of unbranched alkanes of at least 4 members (excludes halogenated alkanes) is 2. The number of thiophene rings is 1. The molecule has 1 aromatic carbocycles. The van der Waals surface area contributed by atoms with E-state index in [-0.39, 0.29) is 42.3 Å². The summed E-state index contributed by atoms with van der Waals surface area (Å²) in [5.74, 6) is -1.34. The zero-order chi connectivity index (χ0) is 32.2. The molecule has 4 atom stereocenters. The summed E-state index contributed by atoms with van der Waals surface area (Å²) in [5, 5.41) is 26.3. The van der Waals surface area contributed by atoms with Crippen LogP contribution in [0.1, 0.15) is 80.7 Å². The molecule has 0 spiro atoms. The average molecular weight is 635 g/mol. The van der Waals surface area contributed by atoms with Gasteiger partial charge < -0.3 is 20.3 Å². The molecular weight excluding hydrogens is 590 g/mol. The minimum atomic E-state index is -1.20. The fourth-order valence-electron chi connectivity index (χ4n) is 6.91. The Kier molecular flexibility index (Phi) is 10.1. The molecule has 240 valence electrons. The van der Waals surface area contributed by atoms with E-state index in [4.69, 9.17) is 4.74 Å². The van der Waals surface area contributed by atoms with Crippen LogP contribution in [0.15, 0.2) is 52.6 Å². The smallest absolute Gasteiger partial charge is 0.352 e. The fraction of sp³-hybridized carbons (Fsp3) is 0.486. The molecule has 3 N–H and O–H groups in total. The number of ether oxygens (including phenoxy) is 1. The Morgan fingerprint density at radius 1 is 1.22 bits per heavy atom. The highest BCUT2D eigenvalue weighted by molar-refractivity contribution is 7.10. The maximum Gasteiger partial charge on any atom is 0.352 e. The molecule has 0 radical (unpaired) electrons. The number of nitrogens with one attached hydrogen (secondary N) is 1. The quantitative estimate of drug-likeness (QED) is 0.0920. The van der Waals surface area contributed by atoms with E-state index >= 15 is 0 Å². The minimum absolute atomic E-state index is 0.0291. The number of benzene rings is 1. The predicted molar refractivity (Wildman–Crippen MR) is 174 cm³/mol. The lowest BCUT2D eigenvalue weighted by Crippen LogP contribution is -2.71. The minimum Gasteiger partial charge on any atom is -0.507 e. The number of aliphatic carboxylic acids is 1. The van der Waals surface area contributed by atoms with Gasteiger partial charge in [0.25, 0.3) is 5.91 Å². The van der Waals surface area contributed by atoms with Gasteiger partial charge in [-0.2, -0.15) is 0 Å². The third-order valence-corrected chi connectivity index (χ3v) is 10.1. The standard InChI is InChI=1S/C35H43N3O6S/c1-5-6-7-9-22-17-28(39)31(25-16-21(2)11-13-26(25)37(3)4)29(18-22)44-20-23-12-14-27-32(34(41)38(27)33(23)35(42)43)36-30(40)19-24-10-8-15-45-24/h8,10,15-18,25-27,32H,3,5-7,9,11-14,19-20H2,1-2,4H3,(H2-,36,39,40,42,43)/p+1/t25-,26-,27-,32+/m1/s1. The van der Waals surface area contributed by atoms with Gasteiger partial charge in [0.05, 0.1) is 18.4 Å². The summed E-state index contributed by atoms with van der Waals surface area (Å²) >= 11 is 1.47. The number of nitrogens with zero attached hydrogens (tertiary/aromatic N) is 2. The number of carbonyl (C=O) groups excluding carboxylic acids is 2. The Hall–Kier alpha value is -3.92. The molecule has 10 heteroatoms. The van der Waals surface area contributed by atoms with Crippen molar-refractivity contribution in [3.63, 3.8) is 0 Å². The Morgan fingerprint density at radius 2 is 2.02 bits per heavy atom. The summed E-state index contributed by atoms with van der Waals surface area (Å²) in [6, 6.07) is 6.45. The van der Waals surface area contributed by atoms with E-state index in [0.29, 0.717) is 29.7 Å². The third-order valence-electron chi connectivity index (χ3n) is 9.23. The second kappa shape index (κ2) is 14.0. The number of carboxylic acid groups (broad SMARTS) is 1. The van der Waals surface area contributed by atoms with Crippen molar-refractivity contribution < 1.29 is 33.9 Å². The monoisotopic (exact) mass is 634 g/mol. The molecule has 2 aromatic rings. The van der Waals surface area contributed by atoms with Crippen LogP contribution in [0, 0.1) is 0 Å². The van der Waals surface area contributed by atoms with E-state index in [1.54, 1.807) is 0 Å². The van der Waals surface area contributed by atoms with Gasteiger partial charge in [-0.3, -0.25) is 14.5 Å². The molecule has 0 bridgehead atoms. The van der Waals surface area contributed by atoms with Crippen LogP contribution in [0.25, 0.3) is 0 Å². The van der Waals surface area contributed by atoms with E-state index in [9.17, 15) is 24.6 Å². The number of β-lactam (4-membered cyclic amide) rings is 1. The SMILES string of the molecule is C=[N+](C)[C@@H]1CCC(C)=C[C@H]1c1c(O)cc(CCCCC)cc1OCC1=C(C(=O)O)N2C(=O)[C@@H](NC(=O)Cc3cccs3)[C@H]2CC1. The maximum absolute atomic E-state index is 13.2. The van der Waals surface area contributed by atoms with Gasteiger partial charge in [-0.05, 0) is 73.7 Å². The molecule has 3 aliphatic rings. The number of allylic oxidation sites excluding steroid dienone is 1. The highest BCUT2D eigenvalue weighted by atomic mass is 32.1. The first-order valence-corrected chi connectivity index (χ1v) is 16.8. The van der Waals surface area contributed by atoms with Gasteiger partial charge in [0.1, 0.15) is 43.6 Å². The zero-order valence-corrected chi connectivity index (χ0v) is 27.2. The van der Waals surface area contributed by atoms with Gasteiger partial charge >= 0.3 is 5.97 Å². The van der Waals surface area contributed by atoms with E-state index in [1.807, 2.05) is 41.3 Å². The van der Waals surface area contributed by atoms with E-state index < -0.39 is 24.0 Å². The molecule has 1 aliphatic carbocycles. The Morgan fingerprint density at radius 3 is 2.71 bits per heavy atom. The fourth-order valence-corrected chi connectivity index (χ4v) is 7.62. The van der Waals surface area contributed by atoms with Crippen molar-refractivity contribution in [2.75, 3.05) is 13.7 Å². The van der Waals surface area contributed by atoms with Crippen molar-refractivity contribution in [3.8, 4) is 11.5 Å². The molecule has 3 heterocycles. The highest BCUT2D eigenvalue weighted by Crippen LogP contribution is 2.44. The number of hydrogen-bond donors (Lipinski definition) is 3. The lowest BCUT2D eigenvalue weighted by molar-refractivity contribution is -0.534. The van der Waals surface area contributed by atoms with Gasteiger partial charge in [-0.15, -0.1) is 11.3 Å². The van der Waals surface area contributed by atoms with Crippen LogP contribution in [0.5, 0.6) is 11.5 Å². The Balaban J connectivity index is 1.40. The molecule has 1 fully saturated rings. The molecular formula is C35H44N3O6S+. The van der Waals surface area contributed by atoms with Crippen molar-refractivity contribution in [1.29, 1.82) is 0 Å². The normalized spacial score (nSPS) is 22.8. The second-order valence-corrected chi connectivity index (χ2v) is 13.6. The Labute approximate surface area is 268 Å². The predicted octanol–water partition coefficient (Wildman–Crippen LogP) is 5.17. The van der Waals surface area contributed by atoms with Crippen LogP contribution in [0.4, 0.5) is 0 Å². The van der Waals surface area contributed by atoms with Gasteiger partial charge in [0.15, 0.2) is 6.04 Å². The van der Waals surface area contributed by atoms with Crippen LogP contribution in [0.2, 0.25) is 0 Å². The highest BCUT2D eigenvalue weighted by Gasteiger charge is 2.53. The maximum atomic E-state index is 13.2. The average Bonchev–Trinajstić information content (AvgIpc) is 3.51. The first-order chi connectivity index (χ1) is 21.6. The summed E-state index contributed by atoms with van der Waals surface area (Å²) in [5.41, 5.74) is 3.31. The summed E-state index contributed by atoms with van der Waals surface area (Å²) in [6.45, 7) is 8.36. The number of rotatable bonds is 13. The number of phenols is 1. The number of aryl methyl sites for hydroxylation is 1. The summed E-state index contributed by atoms with van der Waals surface area (Å²) < 4.78 is 8.37. The van der Waals surface area contributed by atoms with E-state index in [2.05, 4.69) is 32.0 Å². The van der Waals surface area contributed by atoms with Gasteiger partial charge in [0, 0.05) is 16.9 Å². The first kappa shape index (κ1) is 32.5. The van der Waals surface area contributed by atoms with E-state index in [0.717, 1.165) is 49.0 Å². The number of hydrogen-bond acceptors (Lipinski definition) is 6. The lowest BCUT2D eigenvalue weighted by atomic mass is 9.80. The molecule has 45 heavy (non-hydrogen) atoms. The Bertz CT molecular complexity index is 1530. The molecule has 2 amide bonds. The molecule has 0 unspecified atom stereocenters. The first-order valence-electron chi connectivity index (χ1n) is 15.9. The number of aromatic hydroxyl groups is 1. The molecule has 5 rings (SSSR count). The summed E-state index contributed by atoms with van der Waals surface area (Å²) in [6.07, 6.45) is 9.06. The van der Waals surface area contributed by atoms with Crippen molar-refractivity contribution in [3.05, 3.63) is 68.6 Å². The van der Waals surface area contributed by atoms with Crippen LogP contribution >= 0.6 is 11.3 Å². The summed E-state index contributed by atoms with van der Waals surface area (Å²) in [4.78, 5) is 40.5. The van der Waals surface area contributed by atoms with Crippen molar-refractivity contribution in [1.82, 2.24) is 10.2 Å². The molecule has 2 aliphatic heterocycles. The van der Waals surface area contributed by atoms with Crippen LogP contribution < -0.4 is 10.1 Å². The molecule has 1 aromatic heterocycles. The van der Waals surface area contributed by atoms with Crippen molar-refractivity contribution >= 4 is 35.8 Å². The molecule has 9 nitrogen and oxygen atoms in total. The number of carbonyl (C=O) groups is 3. The van der Waals surface area contributed by atoms with Gasteiger partial charge in [-0.25, -0.2) is 9.37 Å². The van der Waals surface area contributed by atoms with Crippen LogP contribution in [-0.2, 0) is 27.2 Å². The van der Waals surface area contributed by atoms with Gasteiger partial charge in [0.2, 0.25) is 5.91 Å². The van der Waals surface area contributed by atoms with Crippen molar-refractivity contribution in [2.45, 2.75) is 95.7 Å². The number of phenolic OH excluding ortho intramolecular Hbond substituents is 1. The van der Waals surface area contributed by atoms with Crippen molar-refractivity contribution in [2.24, 2.45) is 0 Å². The zero-order valence-electron chi connectivity index (χ0n) is 26.4. The summed E-state index contributed by atoms with van der Waals surface area (Å²) in [7, 11) is 1.94. The number of likely N-dealkylation sites (N-methyl/N-ethyl adjacent to an activating group) is 1. The largest absolute Gasteiger partial charge is 0.507 e. The number of fused-ring (bicyclic) bond motifs is 1. The topological polar surface area (TPSA) is 119 Å². The second-order valence-electron chi connectivity index (χ2n) is 12.5. The number of carboxylic acids is 1. The van der Waals surface area contributed by atoms with Gasteiger partial charge in [-0.1, -0.05) is 37.5 Å². The molecule has 0 saturated carbocycles. The third kappa shape index (κ3) is 7.01.